The molecular formula is C16H18ClN3O2S. The molecular weight excluding hydrogens is 334 g/mol. The van der Waals surface area contributed by atoms with Gasteiger partial charge in [0.1, 0.15) is 16.8 Å². The predicted octanol–water partition coefficient (Wildman–Crippen LogP) is 3.52. The molecule has 5 nitrogen and oxygen atoms in total. The molecule has 1 aliphatic heterocycles. The van der Waals surface area contributed by atoms with Crippen LogP contribution in [-0.4, -0.2) is 42.0 Å². The average molecular weight is 352 g/mol. The highest BCUT2D eigenvalue weighted by atomic mass is 35.5. The van der Waals surface area contributed by atoms with Crippen molar-refractivity contribution in [2.24, 2.45) is 0 Å². The molecule has 2 aromatic rings. The molecule has 3 heterocycles. The Bertz CT molecular complexity index is 683. The highest BCUT2D eigenvalue weighted by Crippen LogP contribution is 2.23. The number of pyridine rings is 1. The van der Waals surface area contributed by atoms with Crippen LogP contribution >= 0.6 is 22.9 Å². The molecule has 7 heteroatoms. The number of anilines is 1. The second-order valence-corrected chi connectivity index (χ2v) is 6.86. The molecule has 1 fully saturated rings. The molecule has 0 aromatic carbocycles. The highest BCUT2D eigenvalue weighted by molar-refractivity contribution is 7.12. The van der Waals surface area contributed by atoms with E-state index in [1.807, 2.05) is 12.1 Å². The summed E-state index contributed by atoms with van der Waals surface area (Å²) in [5.41, 5.74) is 0. The molecule has 1 saturated heterocycles. The van der Waals surface area contributed by atoms with Crippen LogP contribution in [0.4, 0.5) is 5.82 Å². The van der Waals surface area contributed by atoms with Crippen molar-refractivity contribution in [3.63, 3.8) is 0 Å². The van der Waals surface area contributed by atoms with E-state index in [9.17, 15) is 4.79 Å². The quantitative estimate of drug-likeness (QED) is 0.915. The van der Waals surface area contributed by atoms with Crippen LogP contribution in [0.2, 0.25) is 5.02 Å². The Morgan fingerprint density at radius 2 is 2.17 bits per heavy atom. The smallest absolute Gasteiger partial charge is 0.268 e. The molecule has 0 unspecified atom stereocenters. The van der Waals surface area contributed by atoms with Crippen molar-refractivity contribution >= 4 is 34.7 Å². The molecule has 23 heavy (non-hydrogen) atoms. The molecule has 1 aliphatic rings. The van der Waals surface area contributed by atoms with Crippen molar-refractivity contribution in [1.29, 1.82) is 0 Å². The van der Waals surface area contributed by atoms with Gasteiger partial charge >= 0.3 is 0 Å². The molecule has 122 valence electrons. The summed E-state index contributed by atoms with van der Waals surface area (Å²) in [6, 6.07) is 7.07. The summed E-state index contributed by atoms with van der Waals surface area (Å²) in [5, 5.41) is 4.99. The lowest BCUT2D eigenvalue weighted by molar-refractivity contribution is 0.102. The van der Waals surface area contributed by atoms with E-state index >= 15 is 0 Å². The second-order valence-electron chi connectivity index (χ2n) is 5.53. The SMILES string of the molecule is CN1CCC(Oc2cccc(NC(=O)c3sccc3Cl)n2)CC1. The summed E-state index contributed by atoms with van der Waals surface area (Å²) in [7, 11) is 2.11. The minimum absolute atomic E-state index is 0.177. The molecule has 0 spiro atoms. The number of hydrogen-bond acceptors (Lipinski definition) is 5. The maximum atomic E-state index is 12.2. The van der Waals surface area contributed by atoms with Crippen LogP contribution in [0, 0.1) is 0 Å². The van der Waals surface area contributed by atoms with Gasteiger partial charge < -0.3 is 15.0 Å². The van der Waals surface area contributed by atoms with Gasteiger partial charge in [-0.15, -0.1) is 11.3 Å². The summed E-state index contributed by atoms with van der Waals surface area (Å²) in [6.07, 6.45) is 2.15. The Hall–Kier alpha value is -1.63. The molecule has 2 aromatic heterocycles. The Labute approximate surface area is 144 Å². The number of carbonyl (C=O) groups is 1. The Balaban J connectivity index is 1.63. The molecule has 1 amide bonds. The highest BCUT2D eigenvalue weighted by Gasteiger charge is 2.19. The fourth-order valence-electron chi connectivity index (χ4n) is 2.45. The summed E-state index contributed by atoms with van der Waals surface area (Å²) >= 11 is 7.28. The van der Waals surface area contributed by atoms with Gasteiger partial charge in [-0.25, -0.2) is 0 Å². The fourth-order valence-corrected chi connectivity index (χ4v) is 3.49. The van der Waals surface area contributed by atoms with E-state index in [2.05, 4.69) is 22.2 Å². The predicted molar refractivity (Wildman–Crippen MR) is 92.7 cm³/mol. The number of likely N-dealkylation sites (tertiary alicyclic amines) is 1. The number of ether oxygens (including phenoxy) is 1. The van der Waals surface area contributed by atoms with Crippen LogP contribution in [0.5, 0.6) is 5.88 Å². The van der Waals surface area contributed by atoms with Gasteiger partial charge in [0.15, 0.2) is 0 Å². The number of piperidine rings is 1. The van der Waals surface area contributed by atoms with Crippen LogP contribution in [0.1, 0.15) is 22.5 Å². The first-order valence-electron chi connectivity index (χ1n) is 7.48. The van der Waals surface area contributed by atoms with E-state index in [-0.39, 0.29) is 12.0 Å². The van der Waals surface area contributed by atoms with Crippen LogP contribution < -0.4 is 10.1 Å². The van der Waals surface area contributed by atoms with Crippen LogP contribution in [0.15, 0.2) is 29.6 Å². The lowest BCUT2D eigenvalue weighted by atomic mass is 10.1. The number of hydrogen-bond donors (Lipinski definition) is 1. The number of thiophene rings is 1. The van der Waals surface area contributed by atoms with Gasteiger partial charge in [0, 0.05) is 19.2 Å². The zero-order valence-electron chi connectivity index (χ0n) is 12.8. The molecule has 0 radical (unpaired) electrons. The summed E-state index contributed by atoms with van der Waals surface area (Å²) in [6.45, 7) is 2.05. The van der Waals surface area contributed by atoms with Crippen molar-refractivity contribution < 1.29 is 9.53 Å². The minimum atomic E-state index is -0.256. The first kappa shape index (κ1) is 16.2. The number of nitrogens with one attached hydrogen (secondary N) is 1. The standard InChI is InChI=1S/C16H18ClN3O2S/c1-20-8-5-11(6-9-20)22-14-4-2-3-13(18-14)19-16(21)15-12(17)7-10-23-15/h2-4,7,10-11H,5-6,8-9H2,1H3,(H,18,19,21). The first-order chi connectivity index (χ1) is 11.1. The van der Waals surface area contributed by atoms with E-state index < -0.39 is 0 Å². The Morgan fingerprint density at radius 1 is 1.39 bits per heavy atom. The van der Waals surface area contributed by atoms with Gasteiger partial charge in [-0.05, 0) is 37.4 Å². The van der Waals surface area contributed by atoms with E-state index in [1.165, 1.54) is 11.3 Å². The number of aromatic nitrogens is 1. The van der Waals surface area contributed by atoms with Crippen LogP contribution in [0.25, 0.3) is 0 Å². The van der Waals surface area contributed by atoms with Gasteiger partial charge in [0.25, 0.3) is 5.91 Å². The zero-order chi connectivity index (χ0) is 16.2. The summed E-state index contributed by atoms with van der Waals surface area (Å²) in [5.74, 6) is 0.744. The second kappa shape index (κ2) is 7.29. The Kier molecular flexibility index (Phi) is 5.15. The largest absolute Gasteiger partial charge is 0.474 e. The molecule has 1 N–H and O–H groups in total. The van der Waals surface area contributed by atoms with Crippen LogP contribution in [0.3, 0.4) is 0 Å². The lowest BCUT2D eigenvalue weighted by Gasteiger charge is -2.28. The van der Waals surface area contributed by atoms with E-state index in [0.29, 0.717) is 21.6 Å². The van der Waals surface area contributed by atoms with Gasteiger partial charge in [-0.2, -0.15) is 4.98 Å². The molecule has 3 rings (SSSR count). The normalized spacial score (nSPS) is 16.3. The molecule has 0 bridgehead atoms. The van der Waals surface area contributed by atoms with E-state index in [1.54, 1.807) is 17.5 Å². The van der Waals surface area contributed by atoms with Gasteiger partial charge in [0.05, 0.1) is 5.02 Å². The van der Waals surface area contributed by atoms with Crippen molar-refractivity contribution in [3.05, 3.63) is 39.5 Å². The Morgan fingerprint density at radius 3 is 2.87 bits per heavy atom. The number of nitrogens with zero attached hydrogens (tertiary/aromatic N) is 2. The maximum absolute atomic E-state index is 12.2. The summed E-state index contributed by atoms with van der Waals surface area (Å²) in [4.78, 5) is 19.3. The van der Waals surface area contributed by atoms with Gasteiger partial charge in [-0.3, -0.25) is 4.79 Å². The van der Waals surface area contributed by atoms with Gasteiger partial charge in [-0.1, -0.05) is 17.7 Å². The first-order valence-corrected chi connectivity index (χ1v) is 8.74. The van der Waals surface area contributed by atoms with Crippen molar-refractivity contribution in [1.82, 2.24) is 9.88 Å². The van der Waals surface area contributed by atoms with Gasteiger partial charge in [0.2, 0.25) is 5.88 Å². The molecule has 0 saturated carbocycles. The van der Waals surface area contributed by atoms with E-state index in [4.69, 9.17) is 16.3 Å². The number of carbonyl (C=O) groups excluding carboxylic acids is 1. The van der Waals surface area contributed by atoms with Crippen LogP contribution in [-0.2, 0) is 0 Å². The van der Waals surface area contributed by atoms with E-state index in [0.717, 1.165) is 25.9 Å². The minimum Gasteiger partial charge on any atom is -0.474 e. The van der Waals surface area contributed by atoms with Crippen molar-refractivity contribution in [2.45, 2.75) is 18.9 Å². The third-order valence-electron chi connectivity index (χ3n) is 3.74. The topological polar surface area (TPSA) is 54.5 Å². The van der Waals surface area contributed by atoms with Crippen molar-refractivity contribution in [2.75, 3.05) is 25.5 Å². The zero-order valence-corrected chi connectivity index (χ0v) is 14.4. The van der Waals surface area contributed by atoms with Crippen molar-refractivity contribution in [3.8, 4) is 5.88 Å². The summed E-state index contributed by atoms with van der Waals surface area (Å²) < 4.78 is 5.93. The third-order valence-corrected chi connectivity index (χ3v) is 5.08. The number of amides is 1. The third kappa shape index (κ3) is 4.22. The number of rotatable bonds is 4. The molecule has 0 aliphatic carbocycles. The molecule has 0 atom stereocenters. The lowest BCUT2D eigenvalue weighted by Crippen LogP contribution is -2.35. The number of halogens is 1. The average Bonchev–Trinajstić information content (AvgIpc) is 2.96. The maximum Gasteiger partial charge on any atom is 0.268 e. The monoisotopic (exact) mass is 351 g/mol. The fraction of sp³-hybridized carbons (Fsp3) is 0.375.